The first-order chi connectivity index (χ1) is 12.7. The highest BCUT2D eigenvalue weighted by Gasteiger charge is 2.30. The van der Waals surface area contributed by atoms with Crippen molar-refractivity contribution in [2.45, 2.75) is 13.1 Å². The van der Waals surface area contributed by atoms with E-state index in [0.29, 0.717) is 11.5 Å². The number of hydrogen-bond donors (Lipinski definition) is 1. The van der Waals surface area contributed by atoms with E-state index in [4.69, 9.17) is 4.74 Å². The average Bonchev–Trinajstić information content (AvgIpc) is 2.64. The van der Waals surface area contributed by atoms with Gasteiger partial charge in [-0.1, -0.05) is 0 Å². The predicted octanol–water partition coefficient (Wildman–Crippen LogP) is 3.40. The zero-order valence-electron chi connectivity index (χ0n) is 15.0. The van der Waals surface area contributed by atoms with E-state index < -0.39 is 11.7 Å². The van der Waals surface area contributed by atoms with Crippen LogP contribution in [0, 0.1) is 0 Å². The van der Waals surface area contributed by atoms with Crippen LogP contribution in [0.1, 0.15) is 18.1 Å². The zero-order valence-corrected chi connectivity index (χ0v) is 15.0. The largest absolute Gasteiger partial charge is 0.484 e. The minimum Gasteiger partial charge on any atom is -0.484 e. The minimum absolute atomic E-state index is 0.0550. The smallest absolute Gasteiger partial charge is 0.417 e. The highest BCUT2D eigenvalue weighted by Crippen LogP contribution is 2.28. The molecule has 1 N–H and O–H groups in total. The average molecular weight is 380 g/mol. The van der Waals surface area contributed by atoms with E-state index in [1.54, 1.807) is 45.3 Å². The van der Waals surface area contributed by atoms with Gasteiger partial charge in [-0.05, 0) is 48.9 Å². The molecule has 0 saturated carbocycles. The van der Waals surface area contributed by atoms with E-state index in [-0.39, 0.29) is 18.3 Å². The van der Waals surface area contributed by atoms with Crippen molar-refractivity contribution in [2.75, 3.05) is 26.1 Å². The lowest BCUT2D eigenvalue weighted by Crippen LogP contribution is -2.27. The molecule has 2 aromatic rings. The van der Waals surface area contributed by atoms with Gasteiger partial charge in [0.25, 0.3) is 5.91 Å². The van der Waals surface area contributed by atoms with Gasteiger partial charge in [-0.3, -0.25) is 10.2 Å². The number of rotatable bonds is 6. The van der Waals surface area contributed by atoms with E-state index in [2.05, 4.69) is 15.5 Å². The molecule has 27 heavy (non-hydrogen) atoms. The highest BCUT2D eigenvalue weighted by molar-refractivity contribution is 5.99. The Hall–Kier alpha value is -3.10. The van der Waals surface area contributed by atoms with Crippen LogP contribution in [0.15, 0.2) is 47.7 Å². The Balaban J connectivity index is 1.96. The third kappa shape index (κ3) is 5.98. The Morgan fingerprint density at radius 1 is 1.19 bits per heavy atom. The Bertz CT molecular complexity index is 801. The van der Waals surface area contributed by atoms with Crippen molar-refractivity contribution in [2.24, 2.45) is 5.10 Å². The number of amides is 1. The molecule has 1 amide bonds. The molecule has 0 spiro atoms. The fraction of sp³-hybridized carbons (Fsp3) is 0.278. The molecule has 0 bridgehead atoms. The number of ether oxygens (including phenoxy) is 1. The van der Waals surface area contributed by atoms with Gasteiger partial charge in [-0.25, -0.2) is 4.98 Å². The van der Waals surface area contributed by atoms with Crippen LogP contribution in [-0.2, 0) is 11.0 Å². The van der Waals surface area contributed by atoms with Gasteiger partial charge in [0.1, 0.15) is 11.6 Å². The first kappa shape index (κ1) is 20.2. The summed E-state index contributed by atoms with van der Waals surface area (Å²) in [6.45, 7) is 1.68. The van der Waals surface area contributed by atoms with Crippen LogP contribution in [0.2, 0.25) is 0 Å². The Morgan fingerprint density at radius 3 is 2.37 bits per heavy atom. The van der Waals surface area contributed by atoms with Gasteiger partial charge in [-0.2, -0.15) is 18.3 Å². The molecule has 0 radical (unpaired) electrons. The van der Waals surface area contributed by atoms with Crippen LogP contribution in [0.3, 0.4) is 0 Å². The lowest BCUT2D eigenvalue weighted by atomic mass is 10.1. The van der Waals surface area contributed by atoms with Crippen molar-refractivity contribution < 1.29 is 22.7 Å². The van der Waals surface area contributed by atoms with Gasteiger partial charge in [0, 0.05) is 20.3 Å². The topological polar surface area (TPSA) is 66.8 Å². The highest BCUT2D eigenvalue weighted by atomic mass is 19.4. The van der Waals surface area contributed by atoms with Crippen molar-refractivity contribution in [3.8, 4) is 5.75 Å². The molecule has 0 aliphatic rings. The van der Waals surface area contributed by atoms with E-state index in [1.807, 2.05) is 0 Å². The molecular weight excluding hydrogens is 361 g/mol. The van der Waals surface area contributed by atoms with Gasteiger partial charge < -0.3 is 9.64 Å². The Kier molecular flexibility index (Phi) is 6.38. The lowest BCUT2D eigenvalue weighted by molar-refractivity contribution is -0.137. The first-order valence-corrected chi connectivity index (χ1v) is 7.94. The van der Waals surface area contributed by atoms with E-state index in [1.165, 1.54) is 11.0 Å². The summed E-state index contributed by atoms with van der Waals surface area (Å²) in [5, 5.41) is 4.10. The standard InChI is InChI=1S/C18H19F3N4O2/c1-12(23-24-16-9-6-14(10-22-16)18(19,20)21)13-4-7-15(8-5-13)27-11-17(26)25(2)3/h4-10H,11H2,1-3H3,(H,22,24)/b23-12+. The number of hydrogen-bond acceptors (Lipinski definition) is 5. The number of nitrogens with one attached hydrogen (secondary N) is 1. The second-order valence-electron chi connectivity index (χ2n) is 5.84. The van der Waals surface area contributed by atoms with Crippen LogP contribution in [0.4, 0.5) is 19.0 Å². The molecular formula is C18H19F3N4O2. The monoisotopic (exact) mass is 380 g/mol. The summed E-state index contributed by atoms with van der Waals surface area (Å²) in [6, 6.07) is 9.06. The molecule has 144 valence electrons. The molecule has 0 aliphatic heterocycles. The number of carbonyl (C=O) groups is 1. The molecule has 0 fully saturated rings. The molecule has 6 nitrogen and oxygen atoms in total. The summed E-state index contributed by atoms with van der Waals surface area (Å²) in [4.78, 5) is 16.6. The lowest BCUT2D eigenvalue weighted by Gasteiger charge is -2.11. The fourth-order valence-electron chi connectivity index (χ4n) is 1.90. The number of nitrogens with zero attached hydrogens (tertiary/aromatic N) is 3. The molecule has 1 heterocycles. The van der Waals surface area contributed by atoms with Gasteiger partial charge in [0.2, 0.25) is 0 Å². The van der Waals surface area contributed by atoms with E-state index in [0.717, 1.165) is 17.8 Å². The molecule has 0 atom stereocenters. The minimum atomic E-state index is -4.42. The second-order valence-corrected chi connectivity index (χ2v) is 5.84. The first-order valence-electron chi connectivity index (χ1n) is 7.94. The van der Waals surface area contributed by atoms with Crippen LogP contribution < -0.4 is 10.2 Å². The molecule has 1 aromatic heterocycles. The van der Waals surface area contributed by atoms with Crippen LogP contribution in [-0.4, -0.2) is 42.2 Å². The maximum absolute atomic E-state index is 12.5. The van der Waals surface area contributed by atoms with E-state index >= 15 is 0 Å². The van der Waals surface area contributed by atoms with Crippen molar-refractivity contribution >= 4 is 17.4 Å². The summed E-state index contributed by atoms with van der Waals surface area (Å²) in [5.41, 5.74) is 3.18. The number of likely N-dealkylation sites (N-methyl/N-ethyl adjacent to an activating group) is 1. The van der Waals surface area contributed by atoms with E-state index in [9.17, 15) is 18.0 Å². The number of carbonyl (C=O) groups excluding carboxylic acids is 1. The summed E-state index contributed by atoms with van der Waals surface area (Å²) in [5.74, 6) is 0.591. The van der Waals surface area contributed by atoms with Gasteiger partial charge >= 0.3 is 6.18 Å². The molecule has 0 saturated heterocycles. The quantitative estimate of drug-likeness (QED) is 0.616. The Labute approximate surface area is 154 Å². The van der Waals surface area contributed by atoms with Crippen molar-refractivity contribution in [3.05, 3.63) is 53.7 Å². The van der Waals surface area contributed by atoms with Gasteiger partial charge in [0.05, 0.1) is 11.3 Å². The number of hydrazone groups is 1. The summed E-state index contributed by atoms with van der Waals surface area (Å²) in [7, 11) is 3.29. The summed E-state index contributed by atoms with van der Waals surface area (Å²) < 4.78 is 42.9. The molecule has 2 rings (SSSR count). The number of pyridine rings is 1. The number of benzene rings is 1. The predicted molar refractivity (Wildman–Crippen MR) is 95.7 cm³/mol. The molecule has 0 aliphatic carbocycles. The zero-order chi connectivity index (χ0) is 20.0. The number of alkyl halides is 3. The summed E-state index contributed by atoms with van der Waals surface area (Å²) >= 11 is 0. The third-order valence-corrected chi connectivity index (χ3v) is 3.56. The van der Waals surface area contributed by atoms with Gasteiger partial charge in [-0.15, -0.1) is 0 Å². The Morgan fingerprint density at radius 2 is 1.85 bits per heavy atom. The van der Waals surface area contributed by atoms with Crippen LogP contribution >= 0.6 is 0 Å². The number of anilines is 1. The normalized spacial score (nSPS) is 11.9. The maximum Gasteiger partial charge on any atom is 0.417 e. The molecule has 9 heteroatoms. The SMILES string of the molecule is C/C(=N\Nc1ccc(C(F)(F)F)cn1)c1ccc(OCC(=O)N(C)C)cc1. The molecule has 1 aromatic carbocycles. The van der Waals surface area contributed by atoms with Crippen LogP contribution in [0.25, 0.3) is 0 Å². The number of halogens is 3. The summed E-state index contributed by atoms with van der Waals surface area (Å²) in [6.07, 6.45) is -3.68. The second kappa shape index (κ2) is 8.52. The number of aromatic nitrogens is 1. The van der Waals surface area contributed by atoms with Crippen LogP contribution in [0.5, 0.6) is 5.75 Å². The van der Waals surface area contributed by atoms with Crippen molar-refractivity contribution in [1.29, 1.82) is 0 Å². The fourth-order valence-corrected chi connectivity index (χ4v) is 1.90. The van der Waals surface area contributed by atoms with Gasteiger partial charge in [0.15, 0.2) is 6.61 Å². The molecule has 0 unspecified atom stereocenters. The van der Waals surface area contributed by atoms with Crippen molar-refractivity contribution in [3.63, 3.8) is 0 Å². The van der Waals surface area contributed by atoms with Crippen molar-refractivity contribution in [1.82, 2.24) is 9.88 Å². The third-order valence-electron chi connectivity index (χ3n) is 3.56. The maximum atomic E-state index is 12.5.